The smallest absolute Gasteiger partial charge is 0.192 e. The van der Waals surface area contributed by atoms with Crippen LogP contribution in [0.25, 0.3) is 0 Å². The van der Waals surface area contributed by atoms with Crippen LogP contribution in [0.1, 0.15) is 6.92 Å². The van der Waals surface area contributed by atoms with Crippen molar-refractivity contribution in [1.82, 2.24) is 10.9 Å². The molecule has 5 nitrogen and oxygen atoms in total. The molecular weight excluding hydrogens is 112 g/mol. The van der Waals surface area contributed by atoms with E-state index in [4.69, 9.17) is 4.84 Å². The van der Waals surface area contributed by atoms with Gasteiger partial charge in [0.2, 0.25) is 0 Å². The van der Waals surface area contributed by atoms with Crippen LogP contribution in [0, 0.1) is 0 Å². The fourth-order valence-corrected chi connectivity index (χ4v) is 0.359. The number of hydrogen-bond acceptors (Lipinski definition) is 5. The summed E-state index contributed by atoms with van der Waals surface area (Å²) < 4.78 is 0. The van der Waals surface area contributed by atoms with Crippen LogP contribution >= 0.6 is 0 Å². The van der Waals surface area contributed by atoms with E-state index in [-0.39, 0.29) is 6.79 Å². The highest BCUT2D eigenvalue weighted by atomic mass is 17.2. The van der Waals surface area contributed by atoms with Gasteiger partial charge in [-0.3, -0.25) is 0 Å². The van der Waals surface area contributed by atoms with Gasteiger partial charge in [-0.05, 0) is 12.2 Å². The lowest BCUT2D eigenvalue weighted by atomic mass is 10.8. The number of nitrogens with zero attached hydrogens (tertiary/aromatic N) is 1. The van der Waals surface area contributed by atoms with E-state index in [1.54, 1.807) is 0 Å². The molecule has 0 bridgehead atoms. The third-order valence-corrected chi connectivity index (χ3v) is 0.712. The zero-order valence-corrected chi connectivity index (χ0v) is 4.59. The van der Waals surface area contributed by atoms with Crippen molar-refractivity contribution in [1.29, 1.82) is 0 Å². The molecule has 0 aliphatic carbocycles. The highest BCUT2D eigenvalue weighted by Crippen LogP contribution is 1.93. The molecule has 0 aromatic rings. The van der Waals surface area contributed by atoms with Gasteiger partial charge >= 0.3 is 0 Å². The first-order valence-corrected chi connectivity index (χ1v) is 2.37. The monoisotopic (exact) mass is 120 g/mol. The third-order valence-electron chi connectivity index (χ3n) is 0.712. The molecule has 0 amide bonds. The van der Waals surface area contributed by atoms with Crippen molar-refractivity contribution >= 4 is 0 Å². The Kier molecular flexibility index (Phi) is 2.19. The van der Waals surface area contributed by atoms with Crippen molar-refractivity contribution in [2.45, 2.75) is 6.92 Å². The Hall–Kier alpha value is -0.200. The van der Waals surface area contributed by atoms with Crippen LogP contribution in [0.5, 0.6) is 0 Å². The third kappa shape index (κ3) is 1.39. The second kappa shape index (κ2) is 2.95. The SMILES string of the molecule is CCN1OCONO1. The predicted molar refractivity (Wildman–Crippen MR) is 23.6 cm³/mol. The van der Waals surface area contributed by atoms with E-state index in [1.807, 2.05) is 6.92 Å². The lowest BCUT2D eigenvalue weighted by molar-refractivity contribution is -0.507. The van der Waals surface area contributed by atoms with E-state index in [1.165, 1.54) is 5.23 Å². The summed E-state index contributed by atoms with van der Waals surface area (Å²) in [6.07, 6.45) is 0. The Morgan fingerprint density at radius 1 is 1.75 bits per heavy atom. The number of hydrogen-bond donors (Lipinski definition) is 1. The van der Waals surface area contributed by atoms with Crippen LogP contribution in [-0.4, -0.2) is 18.6 Å². The average Bonchev–Trinajstić information content (AvgIpc) is 1.90. The maximum Gasteiger partial charge on any atom is 0.192 e. The molecule has 1 aliphatic rings. The van der Waals surface area contributed by atoms with Gasteiger partial charge in [0.1, 0.15) is 0 Å². The minimum absolute atomic E-state index is 0.188. The second-order valence-electron chi connectivity index (χ2n) is 1.21. The standard InChI is InChI=1S/C3H8N2O3/c1-2-5-7-3-6-4-8-5/h4H,2-3H2,1H3. The van der Waals surface area contributed by atoms with E-state index in [2.05, 4.69) is 15.4 Å². The molecule has 1 fully saturated rings. The van der Waals surface area contributed by atoms with Crippen molar-refractivity contribution in [2.24, 2.45) is 0 Å². The average molecular weight is 120 g/mol. The maximum atomic E-state index is 4.75. The molecule has 0 aromatic carbocycles. The highest BCUT2D eigenvalue weighted by molar-refractivity contribution is 4.14. The molecule has 0 radical (unpaired) electrons. The molecule has 0 atom stereocenters. The Morgan fingerprint density at radius 2 is 2.62 bits per heavy atom. The van der Waals surface area contributed by atoms with E-state index >= 15 is 0 Å². The molecule has 0 saturated carbocycles. The van der Waals surface area contributed by atoms with Gasteiger partial charge in [0.25, 0.3) is 0 Å². The summed E-state index contributed by atoms with van der Waals surface area (Å²) in [5.41, 5.74) is 2.19. The molecule has 5 heteroatoms. The van der Waals surface area contributed by atoms with Crippen molar-refractivity contribution in [3.8, 4) is 0 Å². The summed E-state index contributed by atoms with van der Waals surface area (Å²) in [6.45, 7) is 2.75. The maximum absolute atomic E-state index is 4.75. The lowest BCUT2D eigenvalue weighted by Gasteiger charge is -2.22. The molecule has 0 spiro atoms. The van der Waals surface area contributed by atoms with Gasteiger partial charge in [-0.2, -0.15) is 4.94 Å². The molecule has 1 N–H and O–H groups in total. The summed E-state index contributed by atoms with van der Waals surface area (Å²) in [4.78, 5) is 13.8. The van der Waals surface area contributed by atoms with Gasteiger partial charge in [-0.1, -0.05) is 5.64 Å². The van der Waals surface area contributed by atoms with Gasteiger partial charge in [0, 0.05) is 0 Å². The van der Waals surface area contributed by atoms with Crippen molar-refractivity contribution < 1.29 is 14.6 Å². The number of rotatable bonds is 1. The van der Waals surface area contributed by atoms with E-state index in [9.17, 15) is 0 Å². The zero-order valence-electron chi connectivity index (χ0n) is 4.59. The van der Waals surface area contributed by atoms with Crippen LogP contribution in [-0.2, 0) is 14.6 Å². The molecule has 1 rings (SSSR count). The van der Waals surface area contributed by atoms with Crippen molar-refractivity contribution in [3.63, 3.8) is 0 Å². The highest BCUT2D eigenvalue weighted by Gasteiger charge is 2.07. The quantitative estimate of drug-likeness (QED) is 0.509. The Bertz CT molecular complexity index is 63.5. The van der Waals surface area contributed by atoms with Crippen molar-refractivity contribution in [3.05, 3.63) is 0 Å². The summed E-state index contributed by atoms with van der Waals surface area (Å²) in [7, 11) is 0. The molecule has 8 heavy (non-hydrogen) atoms. The molecular formula is C3H8N2O3. The minimum atomic E-state index is 0.188. The van der Waals surface area contributed by atoms with Gasteiger partial charge in [-0.15, -0.1) is 0 Å². The molecule has 0 unspecified atom stereocenters. The van der Waals surface area contributed by atoms with Gasteiger partial charge in [-0.25, -0.2) is 9.68 Å². The predicted octanol–water partition coefficient (Wildman–Crippen LogP) is -0.421. The summed E-state index contributed by atoms with van der Waals surface area (Å²) in [5, 5.41) is 1.28. The fourth-order valence-electron chi connectivity index (χ4n) is 0.359. The van der Waals surface area contributed by atoms with Crippen LogP contribution in [0.2, 0.25) is 0 Å². The van der Waals surface area contributed by atoms with E-state index in [0.29, 0.717) is 6.54 Å². The van der Waals surface area contributed by atoms with Gasteiger partial charge in [0.05, 0.1) is 6.54 Å². The first kappa shape index (κ1) is 5.93. The molecule has 0 aromatic heterocycles. The zero-order chi connectivity index (χ0) is 5.82. The van der Waals surface area contributed by atoms with Crippen LogP contribution in [0.15, 0.2) is 0 Å². The molecule has 48 valence electrons. The van der Waals surface area contributed by atoms with Crippen LogP contribution in [0.3, 0.4) is 0 Å². The summed E-state index contributed by atoms with van der Waals surface area (Å²) in [6, 6.07) is 0. The molecule has 1 aliphatic heterocycles. The van der Waals surface area contributed by atoms with E-state index in [0.717, 1.165) is 0 Å². The Morgan fingerprint density at radius 3 is 3.00 bits per heavy atom. The van der Waals surface area contributed by atoms with Gasteiger partial charge in [0.15, 0.2) is 6.79 Å². The number of nitrogens with one attached hydrogen (secondary N) is 1. The second-order valence-corrected chi connectivity index (χ2v) is 1.21. The Balaban J connectivity index is 2.13. The normalized spacial score (nSPS) is 23.6. The lowest BCUT2D eigenvalue weighted by Crippen LogP contribution is -2.38. The van der Waals surface area contributed by atoms with Gasteiger partial charge < -0.3 is 0 Å². The largest absolute Gasteiger partial charge is 0.245 e. The topological polar surface area (TPSA) is 43.0 Å². The fraction of sp³-hybridized carbons (Fsp3) is 1.00. The minimum Gasteiger partial charge on any atom is -0.245 e. The first-order chi connectivity index (χ1) is 3.93. The summed E-state index contributed by atoms with van der Waals surface area (Å²) >= 11 is 0. The molecule has 1 saturated heterocycles. The van der Waals surface area contributed by atoms with E-state index < -0.39 is 0 Å². The van der Waals surface area contributed by atoms with Crippen LogP contribution < -0.4 is 5.64 Å². The first-order valence-electron chi connectivity index (χ1n) is 2.37. The molecule has 1 heterocycles. The number of hydroxylamine groups is 2. The Labute approximate surface area is 46.9 Å². The van der Waals surface area contributed by atoms with Crippen molar-refractivity contribution in [2.75, 3.05) is 13.3 Å². The summed E-state index contributed by atoms with van der Waals surface area (Å²) in [5.74, 6) is 0. The van der Waals surface area contributed by atoms with Crippen LogP contribution in [0.4, 0.5) is 0 Å².